The molecule has 0 spiro atoms. The van der Waals surface area contributed by atoms with Crippen LogP contribution in [0.3, 0.4) is 0 Å². The van der Waals surface area contributed by atoms with E-state index in [4.69, 9.17) is 9.47 Å². The number of benzene rings is 1. The van der Waals surface area contributed by atoms with Gasteiger partial charge in [0.15, 0.2) is 0 Å². The number of amides is 1. The molecule has 26 heavy (non-hydrogen) atoms. The van der Waals surface area contributed by atoms with Gasteiger partial charge in [-0.15, -0.1) is 0 Å². The van der Waals surface area contributed by atoms with Gasteiger partial charge in [-0.05, 0) is 18.4 Å². The van der Waals surface area contributed by atoms with Crippen molar-refractivity contribution in [3.8, 4) is 0 Å². The number of hydrogen-bond donors (Lipinski definition) is 1. The van der Waals surface area contributed by atoms with Crippen LogP contribution in [0, 0.1) is 0 Å². The Bertz CT molecular complexity index is 586. The quantitative estimate of drug-likeness (QED) is 0.831. The standard InChI is InChI=1S/C18H24F2N2O4/c19-18(20)12-22(13-18)16(23)11-25-15-6-8-21(9-7-15)17(24)26-10-14-4-2-1-3-5-14/h1-5,15-16,23H,6-13H2. The second-order valence-corrected chi connectivity index (χ2v) is 6.80. The Labute approximate surface area is 151 Å². The maximum absolute atomic E-state index is 12.8. The van der Waals surface area contributed by atoms with Gasteiger partial charge in [0.05, 0.1) is 25.8 Å². The van der Waals surface area contributed by atoms with Crippen molar-refractivity contribution in [1.82, 2.24) is 9.80 Å². The molecule has 144 valence electrons. The average molecular weight is 370 g/mol. The van der Waals surface area contributed by atoms with Crippen LogP contribution in [0.4, 0.5) is 13.6 Å². The summed E-state index contributed by atoms with van der Waals surface area (Å²) < 4.78 is 36.5. The molecule has 3 rings (SSSR count). The van der Waals surface area contributed by atoms with E-state index < -0.39 is 25.2 Å². The molecular formula is C18H24F2N2O4. The van der Waals surface area contributed by atoms with Crippen molar-refractivity contribution in [3.63, 3.8) is 0 Å². The maximum atomic E-state index is 12.8. The van der Waals surface area contributed by atoms with Crippen LogP contribution in [-0.4, -0.2) is 72.0 Å². The van der Waals surface area contributed by atoms with E-state index in [0.717, 1.165) is 5.56 Å². The van der Waals surface area contributed by atoms with E-state index in [-0.39, 0.29) is 25.4 Å². The fourth-order valence-electron chi connectivity index (χ4n) is 3.10. The van der Waals surface area contributed by atoms with E-state index in [1.807, 2.05) is 30.3 Å². The summed E-state index contributed by atoms with van der Waals surface area (Å²) in [5.41, 5.74) is 0.935. The van der Waals surface area contributed by atoms with E-state index in [0.29, 0.717) is 25.9 Å². The first-order valence-electron chi connectivity index (χ1n) is 8.80. The van der Waals surface area contributed by atoms with Crippen LogP contribution in [0.2, 0.25) is 0 Å². The lowest BCUT2D eigenvalue weighted by molar-refractivity contribution is -0.200. The van der Waals surface area contributed by atoms with Crippen LogP contribution in [-0.2, 0) is 16.1 Å². The molecule has 2 heterocycles. The molecule has 2 fully saturated rings. The Kier molecular flexibility index (Phi) is 6.05. The van der Waals surface area contributed by atoms with Crippen molar-refractivity contribution in [1.29, 1.82) is 0 Å². The molecule has 8 heteroatoms. The van der Waals surface area contributed by atoms with Gasteiger partial charge < -0.3 is 19.5 Å². The highest BCUT2D eigenvalue weighted by Gasteiger charge is 2.46. The Morgan fingerprint density at radius 1 is 1.23 bits per heavy atom. The predicted octanol–water partition coefficient (Wildman–Crippen LogP) is 2.07. The highest BCUT2D eigenvalue weighted by Crippen LogP contribution is 2.28. The normalized spacial score (nSPS) is 21.9. The van der Waals surface area contributed by atoms with Crippen LogP contribution in [0.5, 0.6) is 0 Å². The summed E-state index contributed by atoms with van der Waals surface area (Å²) in [5, 5.41) is 9.83. The first-order valence-corrected chi connectivity index (χ1v) is 8.80. The van der Waals surface area contributed by atoms with Gasteiger partial charge in [-0.1, -0.05) is 30.3 Å². The van der Waals surface area contributed by atoms with Crippen molar-refractivity contribution in [2.75, 3.05) is 32.8 Å². The number of hydrogen-bond acceptors (Lipinski definition) is 5. The molecule has 0 aliphatic carbocycles. The van der Waals surface area contributed by atoms with Crippen LogP contribution < -0.4 is 0 Å². The lowest BCUT2D eigenvalue weighted by Gasteiger charge is -2.42. The predicted molar refractivity (Wildman–Crippen MR) is 89.7 cm³/mol. The SMILES string of the molecule is O=C(OCc1ccccc1)N1CCC(OCC(O)N2CC(F)(F)C2)CC1. The number of nitrogens with zero attached hydrogens (tertiary/aromatic N) is 2. The van der Waals surface area contributed by atoms with E-state index in [1.165, 1.54) is 4.90 Å². The molecule has 1 aromatic carbocycles. The number of aliphatic hydroxyl groups excluding tert-OH is 1. The molecule has 0 radical (unpaired) electrons. The van der Waals surface area contributed by atoms with Crippen molar-refractivity contribution in [2.24, 2.45) is 0 Å². The number of carbonyl (C=O) groups excluding carboxylic acids is 1. The lowest BCUT2D eigenvalue weighted by atomic mass is 10.1. The molecule has 1 atom stereocenters. The molecule has 6 nitrogen and oxygen atoms in total. The fraction of sp³-hybridized carbons (Fsp3) is 0.611. The van der Waals surface area contributed by atoms with Crippen LogP contribution in [0.1, 0.15) is 18.4 Å². The lowest BCUT2D eigenvalue weighted by Crippen LogP contribution is -2.61. The fourth-order valence-corrected chi connectivity index (χ4v) is 3.10. The third-order valence-electron chi connectivity index (χ3n) is 4.68. The summed E-state index contributed by atoms with van der Waals surface area (Å²) in [4.78, 5) is 15.0. The number of ether oxygens (including phenoxy) is 2. The molecule has 1 N–H and O–H groups in total. The molecular weight excluding hydrogens is 346 g/mol. The van der Waals surface area contributed by atoms with Gasteiger partial charge in [0, 0.05) is 13.1 Å². The highest BCUT2D eigenvalue weighted by atomic mass is 19.3. The Balaban J connectivity index is 1.32. The minimum absolute atomic E-state index is 0.000793. The number of halogens is 2. The number of aliphatic hydroxyl groups is 1. The van der Waals surface area contributed by atoms with Crippen molar-refractivity contribution >= 4 is 6.09 Å². The average Bonchev–Trinajstić information content (AvgIpc) is 2.63. The van der Waals surface area contributed by atoms with E-state index in [9.17, 15) is 18.7 Å². The minimum Gasteiger partial charge on any atom is -0.445 e. The van der Waals surface area contributed by atoms with Crippen LogP contribution >= 0.6 is 0 Å². The summed E-state index contributed by atoms with van der Waals surface area (Å²) in [5.74, 6) is -2.70. The molecule has 1 aromatic rings. The van der Waals surface area contributed by atoms with E-state index >= 15 is 0 Å². The summed E-state index contributed by atoms with van der Waals surface area (Å²) in [6.45, 7) is 0.404. The van der Waals surface area contributed by atoms with Crippen molar-refractivity contribution in [2.45, 2.75) is 37.7 Å². The van der Waals surface area contributed by atoms with Crippen molar-refractivity contribution < 1.29 is 28.2 Å². The smallest absolute Gasteiger partial charge is 0.410 e. The van der Waals surface area contributed by atoms with Crippen LogP contribution in [0.25, 0.3) is 0 Å². The maximum Gasteiger partial charge on any atom is 0.410 e. The number of alkyl halides is 2. The largest absolute Gasteiger partial charge is 0.445 e. The first kappa shape index (κ1) is 19.0. The second-order valence-electron chi connectivity index (χ2n) is 6.80. The Morgan fingerprint density at radius 3 is 2.50 bits per heavy atom. The summed E-state index contributed by atoms with van der Waals surface area (Å²) in [7, 11) is 0. The summed E-state index contributed by atoms with van der Waals surface area (Å²) in [6, 6.07) is 9.48. The van der Waals surface area contributed by atoms with Crippen LogP contribution in [0.15, 0.2) is 30.3 Å². The summed E-state index contributed by atoms with van der Waals surface area (Å²) >= 11 is 0. The molecule has 1 amide bonds. The highest BCUT2D eigenvalue weighted by molar-refractivity contribution is 5.67. The van der Waals surface area contributed by atoms with Gasteiger partial charge in [-0.25, -0.2) is 13.6 Å². The van der Waals surface area contributed by atoms with Gasteiger partial charge >= 0.3 is 6.09 Å². The Hall–Kier alpha value is -1.77. The van der Waals surface area contributed by atoms with E-state index in [1.54, 1.807) is 4.90 Å². The second kappa shape index (κ2) is 8.28. The number of likely N-dealkylation sites (tertiary alicyclic amines) is 2. The zero-order valence-corrected chi connectivity index (χ0v) is 14.5. The number of rotatable bonds is 6. The number of carbonyl (C=O) groups is 1. The Morgan fingerprint density at radius 2 is 1.88 bits per heavy atom. The molecule has 2 saturated heterocycles. The molecule has 2 aliphatic rings. The topological polar surface area (TPSA) is 62.2 Å². The molecule has 0 bridgehead atoms. The third-order valence-corrected chi connectivity index (χ3v) is 4.68. The molecule has 1 unspecified atom stereocenters. The summed E-state index contributed by atoms with van der Waals surface area (Å²) in [6.07, 6.45) is -0.199. The van der Waals surface area contributed by atoms with Gasteiger partial charge in [0.2, 0.25) is 0 Å². The molecule has 0 saturated carbocycles. The van der Waals surface area contributed by atoms with Gasteiger partial charge in [-0.3, -0.25) is 4.90 Å². The zero-order chi connectivity index (χ0) is 18.6. The molecule has 0 aromatic heterocycles. The van der Waals surface area contributed by atoms with Gasteiger partial charge in [-0.2, -0.15) is 0 Å². The minimum atomic E-state index is -2.70. The van der Waals surface area contributed by atoms with E-state index in [2.05, 4.69) is 0 Å². The monoisotopic (exact) mass is 370 g/mol. The first-order chi connectivity index (χ1) is 12.4. The van der Waals surface area contributed by atoms with Gasteiger partial charge in [0.25, 0.3) is 5.92 Å². The van der Waals surface area contributed by atoms with Gasteiger partial charge in [0.1, 0.15) is 12.8 Å². The third kappa shape index (κ3) is 5.12. The zero-order valence-electron chi connectivity index (χ0n) is 14.5. The molecule has 2 aliphatic heterocycles. The number of piperidine rings is 1. The van der Waals surface area contributed by atoms with Crippen molar-refractivity contribution in [3.05, 3.63) is 35.9 Å².